The molecule has 0 radical (unpaired) electrons. The zero-order valence-corrected chi connectivity index (χ0v) is 13.3. The Morgan fingerprint density at radius 1 is 1.52 bits per heavy atom. The lowest BCUT2D eigenvalue weighted by Gasteiger charge is -2.48. The zero-order chi connectivity index (χ0) is 15.8. The van der Waals surface area contributed by atoms with Gasteiger partial charge in [-0.25, -0.2) is 4.79 Å². The Labute approximate surface area is 126 Å². The fourth-order valence-corrected chi connectivity index (χ4v) is 3.63. The maximum Gasteiger partial charge on any atom is 0.337 e. The van der Waals surface area contributed by atoms with Gasteiger partial charge in [-0.2, -0.15) is 0 Å². The summed E-state index contributed by atoms with van der Waals surface area (Å²) in [4.78, 5) is 12.0. The summed E-state index contributed by atoms with van der Waals surface area (Å²) in [6.45, 7) is 7.38. The van der Waals surface area contributed by atoms with Crippen molar-refractivity contribution in [3.63, 3.8) is 0 Å². The molecule has 1 saturated carbocycles. The third kappa shape index (κ3) is 3.22. The molecule has 0 heterocycles. The highest BCUT2D eigenvalue weighted by Crippen LogP contribution is 2.48. The summed E-state index contributed by atoms with van der Waals surface area (Å²) >= 11 is 0. The van der Waals surface area contributed by atoms with Gasteiger partial charge in [-0.1, -0.05) is 11.6 Å². The van der Waals surface area contributed by atoms with Crippen LogP contribution in [-0.2, 0) is 9.53 Å². The molecule has 0 aromatic heterocycles. The standard InChI is InChI=1S/C17H26O4/c1-5-21-15(18)12-9-11-7-6-8-17(4,20)14(11)13(10-12)16(2,3)19/h9-10,13-14,19-20H,5-8H2,1-4H3/t13-,14-,17+/m0/s1. The number of carbonyl (C=O) groups excluding carboxylic acids is 1. The molecular weight excluding hydrogens is 268 g/mol. The number of ether oxygens (including phenoxy) is 1. The van der Waals surface area contributed by atoms with Gasteiger partial charge in [0.05, 0.1) is 23.4 Å². The van der Waals surface area contributed by atoms with Gasteiger partial charge in [0.25, 0.3) is 0 Å². The van der Waals surface area contributed by atoms with E-state index in [2.05, 4.69) is 0 Å². The van der Waals surface area contributed by atoms with Crippen LogP contribution < -0.4 is 0 Å². The SMILES string of the molecule is CCOC(=O)C1=C[C@H](C(C)(C)O)[C@@H]2C(=C1)CCC[C@@]2(C)O. The Morgan fingerprint density at radius 3 is 2.76 bits per heavy atom. The number of fused-ring (bicyclic) bond motifs is 1. The van der Waals surface area contributed by atoms with Crippen LogP contribution in [0.2, 0.25) is 0 Å². The predicted molar refractivity (Wildman–Crippen MR) is 80.6 cm³/mol. The van der Waals surface area contributed by atoms with E-state index in [0.717, 1.165) is 18.4 Å². The smallest absolute Gasteiger partial charge is 0.337 e. The van der Waals surface area contributed by atoms with Gasteiger partial charge in [0.1, 0.15) is 0 Å². The molecule has 0 saturated heterocycles. The van der Waals surface area contributed by atoms with Crippen molar-refractivity contribution in [3.05, 3.63) is 23.3 Å². The topological polar surface area (TPSA) is 66.8 Å². The van der Waals surface area contributed by atoms with Gasteiger partial charge in [0.2, 0.25) is 0 Å². The molecule has 0 bridgehead atoms. The fourth-order valence-electron chi connectivity index (χ4n) is 3.63. The quantitative estimate of drug-likeness (QED) is 0.784. The molecule has 0 aromatic carbocycles. The lowest BCUT2D eigenvalue weighted by Crippen LogP contribution is -2.50. The van der Waals surface area contributed by atoms with Gasteiger partial charge in [-0.3, -0.25) is 0 Å². The minimum absolute atomic E-state index is 0.149. The molecule has 118 valence electrons. The average Bonchev–Trinajstić information content (AvgIpc) is 2.36. The van der Waals surface area contributed by atoms with Crippen molar-refractivity contribution >= 4 is 5.97 Å². The van der Waals surface area contributed by atoms with Crippen molar-refractivity contribution in [1.82, 2.24) is 0 Å². The summed E-state index contributed by atoms with van der Waals surface area (Å²) in [6.07, 6.45) is 6.07. The molecule has 0 spiro atoms. The van der Waals surface area contributed by atoms with Gasteiger partial charge in [0, 0.05) is 11.8 Å². The van der Waals surface area contributed by atoms with Crippen molar-refractivity contribution in [3.8, 4) is 0 Å². The Balaban J connectivity index is 2.43. The van der Waals surface area contributed by atoms with Gasteiger partial charge < -0.3 is 14.9 Å². The van der Waals surface area contributed by atoms with E-state index in [-0.39, 0.29) is 17.8 Å². The molecule has 0 aliphatic heterocycles. The number of carbonyl (C=O) groups is 1. The Bertz CT molecular complexity index is 480. The van der Waals surface area contributed by atoms with Crippen LogP contribution in [0, 0.1) is 11.8 Å². The third-order valence-electron chi connectivity index (χ3n) is 4.60. The molecule has 0 amide bonds. The minimum atomic E-state index is -1.01. The van der Waals surface area contributed by atoms with Crippen molar-refractivity contribution in [2.45, 2.75) is 58.2 Å². The van der Waals surface area contributed by atoms with E-state index >= 15 is 0 Å². The number of rotatable bonds is 3. The largest absolute Gasteiger partial charge is 0.462 e. The number of hydrogen-bond donors (Lipinski definition) is 2. The van der Waals surface area contributed by atoms with E-state index in [1.165, 1.54) is 0 Å². The third-order valence-corrected chi connectivity index (χ3v) is 4.60. The van der Waals surface area contributed by atoms with Crippen LogP contribution >= 0.6 is 0 Å². The van der Waals surface area contributed by atoms with E-state index in [1.807, 2.05) is 13.0 Å². The Morgan fingerprint density at radius 2 is 2.19 bits per heavy atom. The van der Waals surface area contributed by atoms with E-state index < -0.39 is 11.2 Å². The van der Waals surface area contributed by atoms with Crippen LogP contribution in [0.3, 0.4) is 0 Å². The summed E-state index contributed by atoms with van der Waals surface area (Å²) in [6, 6.07) is 0. The Hall–Kier alpha value is -1.13. The van der Waals surface area contributed by atoms with Crippen LogP contribution in [0.5, 0.6) is 0 Å². The molecular formula is C17H26O4. The molecule has 2 rings (SSSR count). The Kier molecular flexibility index (Phi) is 4.31. The van der Waals surface area contributed by atoms with E-state index in [0.29, 0.717) is 18.6 Å². The van der Waals surface area contributed by atoms with Crippen molar-refractivity contribution in [1.29, 1.82) is 0 Å². The van der Waals surface area contributed by atoms with Gasteiger partial charge in [0.15, 0.2) is 0 Å². The summed E-state index contributed by atoms with van der Waals surface area (Å²) in [7, 11) is 0. The first-order valence-corrected chi connectivity index (χ1v) is 7.71. The number of esters is 1. The normalized spacial score (nSPS) is 32.9. The summed E-state index contributed by atoms with van der Waals surface area (Å²) in [5.74, 6) is -0.806. The summed E-state index contributed by atoms with van der Waals surface area (Å²) in [5, 5.41) is 21.2. The number of hydrogen-bond acceptors (Lipinski definition) is 4. The second-order valence-electron chi connectivity index (χ2n) is 6.93. The molecule has 0 unspecified atom stereocenters. The lowest BCUT2D eigenvalue weighted by molar-refractivity contribution is -0.138. The van der Waals surface area contributed by atoms with Gasteiger partial charge in [-0.15, -0.1) is 0 Å². The van der Waals surface area contributed by atoms with Crippen LogP contribution in [0.15, 0.2) is 23.3 Å². The minimum Gasteiger partial charge on any atom is -0.462 e. The summed E-state index contributed by atoms with van der Waals surface area (Å²) < 4.78 is 5.08. The fraction of sp³-hybridized carbons (Fsp3) is 0.706. The summed E-state index contributed by atoms with van der Waals surface area (Å²) in [5.41, 5.74) is -0.328. The molecule has 4 nitrogen and oxygen atoms in total. The highest BCUT2D eigenvalue weighted by molar-refractivity contribution is 5.92. The average molecular weight is 294 g/mol. The monoisotopic (exact) mass is 294 g/mol. The van der Waals surface area contributed by atoms with Crippen LogP contribution in [0.25, 0.3) is 0 Å². The molecule has 21 heavy (non-hydrogen) atoms. The van der Waals surface area contributed by atoms with Crippen molar-refractivity contribution in [2.24, 2.45) is 11.8 Å². The first-order valence-electron chi connectivity index (χ1n) is 7.71. The second-order valence-corrected chi connectivity index (χ2v) is 6.93. The molecule has 2 aliphatic rings. The molecule has 1 fully saturated rings. The van der Waals surface area contributed by atoms with E-state index in [1.54, 1.807) is 26.8 Å². The van der Waals surface area contributed by atoms with Crippen molar-refractivity contribution in [2.75, 3.05) is 6.61 Å². The molecule has 2 N–H and O–H groups in total. The highest BCUT2D eigenvalue weighted by atomic mass is 16.5. The molecule has 2 aliphatic carbocycles. The molecule has 3 atom stereocenters. The lowest BCUT2D eigenvalue weighted by atomic mass is 9.61. The molecule has 4 heteroatoms. The van der Waals surface area contributed by atoms with Crippen LogP contribution in [0.4, 0.5) is 0 Å². The zero-order valence-electron chi connectivity index (χ0n) is 13.3. The van der Waals surface area contributed by atoms with Gasteiger partial charge in [-0.05, 0) is 53.0 Å². The van der Waals surface area contributed by atoms with Crippen LogP contribution in [-0.4, -0.2) is 34.0 Å². The maximum absolute atomic E-state index is 12.0. The van der Waals surface area contributed by atoms with Crippen LogP contribution in [0.1, 0.15) is 47.0 Å². The van der Waals surface area contributed by atoms with Crippen molar-refractivity contribution < 1.29 is 19.7 Å². The number of aliphatic hydroxyl groups is 2. The second kappa shape index (κ2) is 5.58. The first-order chi connectivity index (χ1) is 9.66. The highest BCUT2D eigenvalue weighted by Gasteiger charge is 2.48. The first kappa shape index (κ1) is 16.2. The van der Waals surface area contributed by atoms with E-state index in [9.17, 15) is 15.0 Å². The van der Waals surface area contributed by atoms with Gasteiger partial charge >= 0.3 is 5.97 Å². The maximum atomic E-state index is 12.0. The molecule has 0 aromatic rings. The predicted octanol–water partition coefficient (Wildman–Crippen LogP) is 2.35. The van der Waals surface area contributed by atoms with E-state index in [4.69, 9.17) is 4.74 Å².